The minimum atomic E-state index is -1.06. The minimum absolute atomic E-state index is 0.222. The van der Waals surface area contributed by atoms with Gasteiger partial charge in [0, 0.05) is 22.9 Å². The molecule has 2 atom stereocenters. The maximum Gasteiger partial charge on any atom is 0.174 e. The van der Waals surface area contributed by atoms with E-state index in [1.165, 1.54) is 0 Å². The van der Waals surface area contributed by atoms with Crippen LogP contribution in [-0.2, 0) is 11.2 Å². The summed E-state index contributed by atoms with van der Waals surface area (Å²) >= 11 is 3.53. The van der Waals surface area contributed by atoms with Gasteiger partial charge in [0.2, 0.25) is 0 Å². The third kappa shape index (κ3) is 2.96. The number of aromatic nitrogens is 1. The Balaban J connectivity index is 1.90. The number of methoxy groups -OCH3 is 2. The number of fused-ring (bicyclic) bond motifs is 3. The topological polar surface area (TPSA) is 91.0 Å². The van der Waals surface area contributed by atoms with Crippen LogP contribution in [0.15, 0.2) is 40.9 Å². The zero-order chi connectivity index (χ0) is 19.1. The van der Waals surface area contributed by atoms with E-state index in [2.05, 4.69) is 20.9 Å². The highest BCUT2D eigenvalue weighted by Gasteiger charge is 2.35. The number of aromatic amines is 1. The molecule has 0 amide bonds. The van der Waals surface area contributed by atoms with Crippen molar-refractivity contribution in [3.05, 3.63) is 57.7 Å². The number of rotatable bonds is 4. The quantitative estimate of drug-likeness (QED) is 0.651. The number of nitrogens with one attached hydrogen (secondary N) is 1. The normalized spacial score (nSPS) is 18.9. The molecule has 1 aliphatic heterocycles. The van der Waals surface area contributed by atoms with Gasteiger partial charge in [-0.2, -0.15) is 0 Å². The number of hydrogen-bond donors (Lipinski definition) is 2. The van der Waals surface area contributed by atoms with Crippen LogP contribution >= 0.6 is 15.9 Å². The van der Waals surface area contributed by atoms with Gasteiger partial charge in [-0.3, -0.25) is 0 Å². The van der Waals surface area contributed by atoms with Crippen LogP contribution in [0.25, 0.3) is 10.9 Å². The summed E-state index contributed by atoms with van der Waals surface area (Å²) in [6.45, 7) is 0. The largest absolute Gasteiger partial charge is 0.544 e. The summed E-state index contributed by atoms with van der Waals surface area (Å²) in [4.78, 5) is 15.2. The van der Waals surface area contributed by atoms with Gasteiger partial charge in [-0.25, -0.2) is 0 Å². The smallest absolute Gasteiger partial charge is 0.174 e. The molecule has 1 aliphatic rings. The number of halogens is 1. The minimum Gasteiger partial charge on any atom is -0.544 e. The van der Waals surface area contributed by atoms with Crippen molar-refractivity contribution in [2.24, 2.45) is 0 Å². The van der Waals surface area contributed by atoms with E-state index < -0.39 is 12.0 Å². The molecule has 0 bridgehead atoms. The number of nitrogens with two attached hydrogens (primary N) is 1. The molecule has 2 heterocycles. The van der Waals surface area contributed by atoms with Gasteiger partial charge in [0.05, 0.1) is 30.4 Å². The number of para-hydroxylation sites is 1. The zero-order valence-corrected chi connectivity index (χ0v) is 16.5. The first-order valence-electron chi connectivity index (χ1n) is 8.60. The second-order valence-corrected chi connectivity index (χ2v) is 7.46. The van der Waals surface area contributed by atoms with Crippen molar-refractivity contribution in [2.75, 3.05) is 14.2 Å². The molecular weight excluding hydrogens is 412 g/mol. The van der Waals surface area contributed by atoms with Crippen LogP contribution in [0, 0.1) is 0 Å². The predicted octanol–water partition coefficient (Wildman–Crippen LogP) is 1.28. The summed E-state index contributed by atoms with van der Waals surface area (Å²) in [6, 6.07) is 10.9. The fourth-order valence-corrected chi connectivity index (χ4v) is 4.50. The average molecular weight is 431 g/mol. The van der Waals surface area contributed by atoms with Crippen molar-refractivity contribution in [3.63, 3.8) is 0 Å². The van der Waals surface area contributed by atoms with Gasteiger partial charge < -0.3 is 29.7 Å². The van der Waals surface area contributed by atoms with Crippen LogP contribution < -0.4 is 19.9 Å². The van der Waals surface area contributed by atoms with Crippen molar-refractivity contribution < 1.29 is 24.7 Å². The highest BCUT2D eigenvalue weighted by molar-refractivity contribution is 9.10. The average Bonchev–Trinajstić information content (AvgIpc) is 3.05. The fraction of sp³-hybridized carbons (Fsp3) is 0.250. The lowest BCUT2D eigenvalue weighted by molar-refractivity contribution is -0.717. The van der Waals surface area contributed by atoms with Gasteiger partial charge in [0.1, 0.15) is 6.04 Å². The van der Waals surface area contributed by atoms with Crippen molar-refractivity contribution in [1.82, 2.24) is 4.98 Å². The predicted molar refractivity (Wildman–Crippen MR) is 102 cm³/mol. The maximum atomic E-state index is 11.7. The highest BCUT2D eigenvalue weighted by atomic mass is 79.9. The number of carboxylic acid groups (broad SMARTS) is 1. The summed E-state index contributed by atoms with van der Waals surface area (Å²) in [5, 5.41) is 14.6. The fourth-order valence-electron chi connectivity index (χ4n) is 3.88. The summed E-state index contributed by atoms with van der Waals surface area (Å²) < 4.78 is 11.6. The number of aliphatic carboxylic acids is 1. The van der Waals surface area contributed by atoms with E-state index >= 15 is 0 Å². The zero-order valence-electron chi connectivity index (χ0n) is 14.9. The molecule has 3 aromatic rings. The molecule has 0 saturated carbocycles. The van der Waals surface area contributed by atoms with E-state index in [-0.39, 0.29) is 6.04 Å². The number of hydrogen-bond acceptors (Lipinski definition) is 4. The second-order valence-electron chi connectivity index (χ2n) is 6.60. The van der Waals surface area contributed by atoms with E-state index in [0.717, 1.165) is 32.2 Å². The summed E-state index contributed by atoms with van der Waals surface area (Å²) in [6.07, 6.45) is 0.423. The third-order valence-electron chi connectivity index (χ3n) is 5.12. The molecule has 7 heteroatoms. The summed E-state index contributed by atoms with van der Waals surface area (Å²) in [5.41, 5.74) is 3.95. The van der Waals surface area contributed by atoms with Crippen LogP contribution in [0.3, 0.4) is 0 Å². The van der Waals surface area contributed by atoms with Crippen molar-refractivity contribution in [1.29, 1.82) is 0 Å². The van der Waals surface area contributed by atoms with Crippen LogP contribution in [0.1, 0.15) is 22.9 Å². The van der Waals surface area contributed by atoms with Gasteiger partial charge in [-0.15, -0.1) is 0 Å². The summed E-state index contributed by atoms with van der Waals surface area (Å²) in [5.74, 6) is 0.129. The molecule has 3 N–H and O–H groups in total. The Hall–Kier alpha value is -2.51. The number of carboxylic acids is 1. The van der Waals surface area contributed by atoms with E-state index in [0.29, 0.717) is 17.9 Å². The molecule has 0 saturated heterocycles. The molecule has 140 valence electrons. The van der Waals surface area contributed by atoms with E-state index in [4.69, 9.17) is 9.47 Å². The first-order valence-corrected chi connectivity index (χ1v) is 9.39. The molecule has 27 heavy (non-hydrogen) atoms. The Morgan fingerprint density at radius 2 is 2.04 bits per heavy atom. The van der Waals surface area contributed by atoms with Gasteiger partial charge >= 0.3 is 0 Å². The molecule has 0 fully saturated rings. The SMILES string of the molecule is COc1cc([C@H]2[NH2+][C@H](C(=O)[O-])Cc3c2[nH]c2ccccc32)cc(Br)c1OC. The van der Waals surface area contributed by atoms with Gasteiger partial charge in [-0.1, -0.05) is 18.2 Å². The molecule has 6 nitrogen and oxygen atoms in total. The molecular formula is C20H19BrN2O4. The van der Waals surface area contributed by atoms with Crippen LogP contribution in [0.5, 0.6) is 11.5 Å². The highest BCUT2D eigenvalue weighted by Crippen LogP contribution is 2.40. The Morgan fingerprint density at radius 3 is 2.74 bits per heavy atom. The Kier molecular flexibility index (Phi) is 4.57. The van der Waals surface area contributed by atoms with E-state index in [1.54, 1.807) is 14.2 Å². The lowest BCUT2D eigenvalue weighted by atomic mass is 9.90. The maximum absolute atomic E-state index is 11.7. The van der Waals surface area contributed by atoms with Crippen molar-refractivity contribution in [2.45, 2.75) is 18.5 Å². The number of H-pyrrole nitrogens is 1. The molecule has 0 radical (unpaired) electrons. The van der Waals surface area contributed by atoms with Crippen molar-refractivity contribution in [3.8, 4) is 11.5 Å². The Morgan fingerprint density at radius 1 is 1.26 bits per heavy atom. The number of benzene rings is 2. The molecule has 0 spiro atoms. The van der Waals surface area contributed by atoms with Gasteiger partial charge in [0.25, 0.3) is 0 Å². The third-order valence-corrected chi connectivity index (χ3v) is 5.71. The number of carbonyl (C=O) groups is 1. The first kappa shape index (κ1) is 17.9. The van der Waals surface area contributed by atoms with Crippen LogP contribution in [0.2, 0.25) is 0 Å². The molecule has 4 rings (SSSR count). The van der Waals surface area contributed by atoms with E-state index in [9.17, 15) is 9.90 Å². The number of ether oxygens (including phenoxy) is 2. The summed E-state index contributed by atoms with van der Waals surface area (Å²) in [7, 11) is 3.16. The van der Waals surface area contributed by atoms with Gasteiger partial charge in [-0.05, 0) is 39.7 Å². The second kappa shape index (κ2) is 6.90. The van der Waals surface area contributed by atoms with Crippen LogP contribution in [0.4, 0.5) is 0 Å². The van der Waals surface area contributed by atoms with Crippen LogP contribution in [-0.4, -0.2) is 31.2 Å². The van der Waals surface area contributed by atoms with Crippen molar-refractivity contribution >= 4 is 32.8 Å². The lowest BCUT2D eigenvalue weighted by Crippen LogP contribution is -2.95. The number of carbonyl (C=O) groups excluding carboxylic acids is 1. The standard InChI is InChI=1S/C20H19BrN2O4/c1-26-16-8-10(7-13(21)19(16)27-2)17-18-12(9-15(23-17)20(24)25)11-5-3-4-6-14(11)22-18/h3-8,15,17,22-23H,9H2,1-2H3,(H,24,25)/t15-,17+/m0/s1. The van der Waals surface area contributed by atoms with E-state index in [1.807, 2.05) is 41.7 Å². The Labute approximate surface area is 164 Å². The van der Waals surface area contributed by atoms with Gasteiger partial charge in [0.15, 0.2) is 17.5 Å². The molecule has 1 aromatic heterocycles. The Bertz CT molecular complexity index is 1030. The monoisotopic (exact) mass is 430 g/mol. The number of quaternary nitrogens is 1. The molecule has 0 unspecified atom stereocenters. The lowest BCUT2D eigenvalue weighted by Gasteiger charge is -2.29. The molecule has 2 aromatic carbocycles. The molecule has 0 aliphatic carbocycles. The first-order chi connectivity index (χ1) is 13.0.